The Labute approximate surface area is 46.8 Å². The van der Waals surface area contributed by atoms with Crippen molar-refractivity contribution in [2.24, 2.45) is 11.5 Å². The SMILES string of the molecule is NCCN.[Ti]. The maximum absolute atomic E-state index is 4.90. The second-order valence-electron chi connectivity index (χ2n) is 0.577. The third kappa shape index (κ3) is 12.0. The second kappa shape index (κ2) is 8.82. The van der Waals surface area contributed by atoms with Crippen LogP contribution in [0, 0.1) is 0 Å². The molecule has 0 aromatic rings. The smallest absolute Gasteiger partial charge is 0.00461 e. The number of hydrogen-bond donors (Lipinski definition) is 2. The molecule has 0 radical (unpaired) electrons. The molecule has 3 heteroatoms. The Hall–Kier alpha value is 0.634. The largest absolute Gasteiger partial charge is 0.329 e. The van der Waals surface area contributed by atoms with Crippen molar-refractivity contribution in [1.29, 1.82) is 0 Å². The van der Waals surface area contributed by atoms with Gasteiger partial charge in [-0.1, -0.05) is 0 Å². The monoisotopic (exact) mass is 108 g/mol. The van der Waals surface area contributed by atoms with Crippen LogP contribution < -0.4 is 11.5 Å². The molecule has 0 aliphatic rings. The molecule has 5 heavy (non-hydrogen) atoms. The van der Waals surface area contributed by atoms with Gasteiger partial charge in [-0.15, -0.1) is 0 Å². The summed E-state index contributed by atoms with van der Waals surface area (Å²) < 4.78 is 0. The van der Waals surface area contributed by atoms with Gasteiger partial charge in [-0.05, 0) is 0 Å². The first-order valence-electron chi connectivity index (χ1n) is 1.32. The van der Waals surface area contributed by atoms with Crippen LogP contribution in [0.15, 0.2) is 0 Å². The van der Waals surface area contributed by atoms with Gasteiger partial charge in [0.1, 0.15) is 0 Å². The van der Waals surface area contributed by atoms with Crippen LogP contribution in [-0.2, 0) is 21.7 Å². The summed E-state index contributed by atoms with van der Waals surface area (Å²) in [6, 6.07) is 0. The fraction of sp³-hybridized carbons (Fsp3) is 1.00. The summed E-state index contributed by atoms with van der Waals surface area (Å²) in [4.78, 5) is 0. The van der Waals surface area contributed by atoms with Gasteiger partial charge < -0.3 is 11.5 Å². The quantitative estimate of drug-likeness (QED) is 0.419. The normalized spacial score (nSPS) is 6.00. The predicted molar refractivity (Wildman–Crippen MR) is 18.1 cm³/mol. The molecule has 4 N–H and O–H groups in total. The molecule has 0 heterocycles. The van der Waals surface area contributed by atoms with Crippen LogP contribution in [0.1, 0.15) is 0 Å². The van der Waals surface area contributed by atoms with Gasteiger partial charge in [-0.25, -0.2) is 0 Å². The standard InChI is InChI=1S/C2H8N2.Ti/c3-1-2-4;/h1-4H2;. The van der Waals surface area contributed by atoms with Gasteiger partial charge in [-0.3, -0.25) is 0 Å². The molecule has 0 unspecified atom stereocenters. The molecule has 0 spiro atoms. The minimum absolute atomic E-state index is 0. The summed E-state index contributed by atoms with van der Waals surface area (Å²) >= 11 is 0. The third-order valence-electron chi connectivity index (χ3n) is 0.167. The molecule has 0 aromatic heterocycles. The Balaban J connectivity index is 0. The van der Waals surface area contributed by atoms with Gasteiger partial charge in [0.25, 0.3) is 0 Å². The topological polar surface area (TPSA) is 52.0 Å². The van der Waals surface area contributed by atoms with E-state index in [2.05, 4.69) is 0 Å². The second-order valence-corrected chi connectivity index (χ2v) is 0.577. The molecule has 0 atom stereocenters. The van der Waals surface area contributed by atoms with E-state index in [1.54, 1.807) is 0 Å². The van der Waals surface area contributed by atoms with E-state index in [1.807, 2.05) is 0 Å². The zero-order valence-corrected chi connectivity index (χ0v) is 4.63. The Morgan fingerprint density at radius 2 is 1.20 bits per heavy atom. The minimum atomic E-state index is 0. The molecule has 0 fully saturated rings. The van der Waals surface area contributed by atoms with Crippen molar-refractivity contribution in [1.82, 2.24) is 0 Å². The fourth-order valence-electron chi connectivity index (χ4n) is 0. The zero-order valence-electron chi connectivity index (χ0n) is 3.07. The van der Waals surface area contributed by atoms with Crippen molar-refractivity contribution in [3.8, 4) is 0 Å². The van der Waals surface area contributed by atoms with Gasteiger partial charge in [-0.2, -0.15) is 0 Å². The van der Waals surface area contributed by atoms with E-state index < -0.39 is 0 Å². The number of rotatable bonds is 1. The summed E-state index contributed by atoms with van der Waals surface area (Å²) in [7, 11) is 0. The number of nitrogens with two attached hydrogens (primary N) is 2. The van der Waals surface area contributed by atoms with Gasteiger partial charge >= 0.3 is 0 Å². The first-order chi connectivity index (χ1) is 1.91. The van der Waals surface area contributed by atoms with E-state index in [1.165, 1.54) is 0 Å². The van der Waals surface area contributed by atoms with Gasteiger partial charge in [0.05, 0.1) is 0 Å². The molecular weight excluding hydrogens is 99.9 g/mol. The van der Waals surface area contributed by atoms with Crippen molar-refractivity contribution in [2.45, 2.75) is 0 Å². The average molecular weight is 108 g/mol. The van der Waals surface area contributed by atoms with Crippen molar-refractivity contribution in [2.75, 3.05) is 13.1 Å². The molecular formula is C2H8N2Ti. The van der Waals surface area contributed by atoms with Crippen LogP contribution in [0.5, 0.6) is 0 Å². The van der Waals surface area contributed by atoms with Crippen LogP contribution in [-0.4, -0.2) is 13.1 Å². The van der Waals surface area contributed by atoms with E-state index in [0.717, 1.165) is 0 Å². The molecule has 0 aliphatic carbocycles. The summed E-state index contributed by atoms with van der Waals surface area (Å²) in [5.74, 6) is 0. The molecule has 0 aliphatic heterocycles. The predicted octanol–water partition coefficient (Wildman–Crippen LogP) is -1.10. The van der Waals surface area contributed by atoms with Crippen LogP contribution in [0.25, 0.3) is 0 Å². The van der Waals surface area contributed by atoms with Crippen LogP contribution in [0.3, 0.4) is 0 Å². The van der Waals surface area contributed by atoms with E-state index in [0.29, 0.717) is 13.1 Å². The summed E-state index contributed by atoms with van der Waals surface area (Å²) in [5, 5.41) is 0. The molecule has 0 aromatic carbocycles. The molecule has 0 bridgehead atoms. The molecule has 0 saturated heterocycles. The van der Waals surface area contributed by atoms with Crippen molar-refractivity contribution < 1.29 is 21.7 Å². The molecule has 0 rings (SSSR count). The van der Waals surface area contributed by atoms with E-state index in [-0.39, 0.29) is 21.7 Å². The summed E-state index contributed by atoms with van der Waals surface area (Å²) in [6.45, 7) is 1.19. The minimum Gasteiger partial charge on any atom is -0.329 e. The maximum atomic E-state index is 4.90. The zero-order chi connectivity index (χ0) is 3.41. The Morgan fingerprint density at radius 1 is 1.00 bits per heavy atom. The van der Waals surface area contributed by atoms with Crippen LogP contribution in [0.2, 0.25) is 0 Å². The molecule has 0 saturated carbocycles. The summed E-state index contributed by atoms with van der Waals surface area (Å²) in [5.41, 5.74) is 9.81. The fourth-order valence-corrected chi connectivity index (χ4v) is 0. The van der Waals surface area contributed by atoms with Crippen LogP contribution >= 0.6 is 0 Å². The van der Waals surface area contributed by atoms with Crippen LogP contribution in [0.4, 0.5) is 0 Å². The molecule has 30 valence electrons. The summed E-state index contributed by atoms with van der Waals surface area (Å²) in [6.07, 6.45) is 0. The molecule has 0 amide bonds. The average Bonchev–Trinajstić information content (AvgIpc) is 1.37. The van der Waals surface area contributed by atoms with Gasteiger partial charge in [0.2, 0.25) is 0 Å². The Kier molecular flexibility index (Phi) is 16.2. The van der Waals surface area contributed by atoms with Gasteiger partial charge in [0.15, 0.2) is 0 Å². The van der Waals surface area contributed by atoms with Crippen molar-refractivity contribution >= 4 is 0 Å². The number of hydrogen-bond acceptors (Lipinski definition) is 2. The van der Waals surface area contributed by atoms with Crippen molar-refractivity contribution in [3.63, 3.8) is 0 Å². The van der Waals surface area contributed by atoms with Gasteiger partial charge in [0, 0.05) is 34.8 Å². The van der Waals surface area contributed by atoms with Crippen molar-refractivity contribution in [3.05, 3.63) is 0 Å². The Bertz CT molecular complexity index is 9.61. The third-order valence-corrected chi connectivity index (χ3v) is 0.167. The first-order valence-corrected chi connectivity index (χ1v) is 1.32. The maximum Gasteiger partial charge on any atom is 0.00461 e. The first kappa shape index (κ1) is 9.16. The van der Waals surface area contributed by atoms with E-state index in [9.17, 15) is 0 Å². The molecule has 2 nitrogen and oxygen atoms in total. The van der Waals surface area contributed by atoms with E-state index >= 15 is 0 Å². The Morgan fingerprint density at radius 3 is 1.20 bits per heavy atom. The van der Waals surface area contributed by atoms with E-state index in [4.69, 9.17) is 11.5 Å².